The highest BCUT2D eigenvalue weighted by molar-refractivity contribution is 5.78. The minimum Gasteiger partial charge on any atom is -0.497 e. The zero-order valence-electron chi connectivity index (χ0n) is 16.6. The fourth-order valence-electron chi connectivity index (χ4n) is 3.07. The number of ether oxygens (including phenoxy) is 2. The van der Waals surface area contributed by atoms with Gasteiger partial charge in [-0.15, -0.1) is 0 Å². The van der Waals surface area contributed by atoms with E-state index in [0.717, 1.165) is 28.3 Å². The predicted octanol–water partition coefficient (Wildman–Crippen LogP) is 3.75. The van der Waals surface area contributed by atoms with Crippen molar-refractivity contribution in [1.29, 1.82) is 0 Å². The Labute approximate surface area is 165 Å². The second-order valence-corrected chi connectivity index (χ2v) is 6.64. The Bertz CT molecular complexity index is 948. The number of rotatable bonds is 7. The van der Waals surface area contributed by atoms with Gasteiger partial charge >= 0.3 is 0 Å². The summed E-state index contributed by atoms with van der Waals surface area (Å²) >= 11 is 0. The SMILES string of the molecule is COc1ccc(OCC(=O)N[C@@H](C)c2cnn(-c3ccccc3C)c2C)cc1. The summed E-state index contributed by atoms with van der Waals surface area (Å²) < 4.78 is 12.5. The van der Waals surface area contributed by atoms with Crippen LogP contribution in [0, 0.1) is 13.8 Å². The highest BCUT2D eigenvalue weighted by Gasteiger charge is 2.17. The number of nitrogens with zero attached hydrogens (tertiary/aromatic N) is 2. The molecule has 1 N–H and O–H groups in total. The van der Waals surface area contributed by atoms with Crippen molar-refractivity contribution in [1.82, 2.24) is 15.1 Å². The number of aryl methyl sites for hydroxylation is 1. The van der Waals surface area contributed by atoms with Crippen LogP contribution in [0.3, 0.4) is 0 Å². The van der Waals surface area contributed by atoms with Crippen molar-refractivity contribution in [3.05, 3.63) is 71.5 Å². The number of aromatic nitrogens is 2. The Morgan fingerprint density at radius 1 is 1.11 bits per heavy atom. The standard InChI is InChI=1S/C22H25N3O3/c1-15-7-5-6-8-21(15)25-17(3)20(13-23-25)16(2)24-22(26)14-28-19-11-9-18(27-4)10-12-19/h5-13,16H,14H2,1-4H3,(H,24,26)/t16-/m0/s1. The van der Waals surface area contributed by atoms with Gasteiger partial charge in [0.1, 0.15) is 11.5 Å². The van der Waals surface area contributed by atoms with Crippen molar-refractivity contribution < 1.29 is 14.3 Å². The van der Waals surface area contributed by atoms with Gasteiger partial charge in [0.05, 0.1) is 25.0 Å². The van der Waals surface area contributed by atoms with Gasteiger partial charge in [-0.3, -0.25) is 4.79 Å². The van der Waals surface area contributed by atoms with Crippen molar-refractivity contribution >= 4 is 5.91 Å². The minimum atomic E-state index is -0.189. The Balaban J connectivity index is 1.62. The number of carbonyl (C=O) groups is 1. The number of benzene rings is 2. The van der Waals surface area contributed by atoms with Crippen molar-refractivity contribution in [2.75, 3.05) is 13.7 Å². The van der Waals surface area contributed by atoms with Gasteiger partial charge < -0.3 is 14.8 Å². The summed E-state index contributed by atoms with van der Waals surface area (Å²) in [6.07, 6.45) is 1.80. The first-order chi connectivity index (χ1) is 13.5. The molecule has 0 radical (unpaired) electrons. The molecule has 0 saturated carbocycles. The van der Waals surface area contributed by atoms with Crippen molar-refractivity contribution in [3.8, 4) is 17.2 Å². The van der Waals surface area contributed by atoms with Gasteiger partial charge in [0.2, 0.25) is 0 Å². The smallest absolute Gasteiger partial charge is 0.258 e. The zero-order chi connectivity index (χ0) is 20.1. The molecule has 0 bridgehead atoms. The predicted molar refractivity (Wildman–Crippen MR) is 108 cm³/mol. The number of hydrogen-bond acceptors (Lipinski definition) is 4. The highest BCUT2D eigenvalue weighted by atomic mass is 16.5. The number of carbonyl (C=O) groups excluding carboxylic acids is 1. The first-order valence-electron chi connectivity index (χ1n) is 9.16. The number of methoxy groups -OCH3 is 1. The average Bonchev–Trinajstić information content (AvgIpc) is 3.08. The fourth-order valence-corrected chi connectivity index (χ4v) is 3.07. The van der Waals surface area contributed by atoms with Gasteiger partial charge in [0.25, 0.3) is 5.91 Å². The van der Waals surface area contributed by atoms with E-state index in [1.54, 1.807) is 37.6 Å². The van der Waals surface area contributed by atoms with E-state index in [2.05, 4.69) is 23.4 Å². The van der Waals surface area contributed by atoms with E-state index < -0.39 is 0 Å². The van der Waals surface area contributed by atoms with Gasteiger partial charge in [-0.05, 0) is 56.7 Å². The van der Waals surface area contributed by atoms with Gasteiger partial charge in [0, 0.05) is 11.3 Å². The van der Waals surface area contributed by atoms with Crippen LogP contribution in [0.2, 0.25) is 0 Å². The summed E-state index contributed by atoms with van der Waals surface area (Å²) in [5.74, 6) is 1.17. The molecule has 2 aromatic carbocycles. The van der Waals surface area contributed by atoms with Gasteiger partial charge in [-0.25, -0.2) is 4.68 Å². The summed E-state index contributed by atoms with van der Waals surface area (Å²) in [6.45, 7) is 5.95. The molecule has 1 heterocycles. The molecule has 1 atom stereocenters. The Kier molecular flexibility index (Phi) is 5.99. The lowest BCUT2D eigenvalue weighted by molar-refractivity contribution is -0.123. The quantitative estimate of drug-likeness (QED) is 0.679. The molecule has 0 aliphatic rings. The number of hydrogen-bond donors (Lipinski definition) is 1. The van der Waals surface area contributed by atoms with Crippen LogP contribution in [0.1, 0.15) is 29.8 Å². The molecule has 0 saturated heterocycles. The number of nitrogens with one attached hydrogen (secondary N) is 1. The van der Waals surface area contributed by atoms with Crippen molar-refractivity contribution in [2.24, 2.45) is 0 Å². The molecular formula is C22H25N3O3. The lowest BCUT2D eigenvalue weighted by Crippen LogP contribution is -2.31. The molecule has 1 aromatic heterocycles. The first kappa shape index (κ1) is 19.5. The molecule has 0 spiro atoms. The number of amides is 1. The van der Waals surface area contributed by atoms with E-state index in [4.69, 9.17) is 9.47 Å². The molecule has 0 unspecified atom stereocenters. The largest absolute Gasteiger partial charge is 0.497 e. The first-order valence-corrected chi connectivity index (χ1v) is 9.16. The normalized spacial score (nSPS) is 11.7. The molecular weight excluding hydrogens is 354 g/mol. The highest BCUT2D eigenvalue weighted by Crippen LogP contribution is 2.22. The van der Waals surface area contributed by atoms with E-state index in [-0.39, 0.29) is 18.6 Å². The molecule has 146 valence electrons. The molecule has 0 aliphatic heterocycles. The van der Waals surface area contributed by atoms with Crippen molar-refractivity contribution in [3.63, 3.8) is 0 Å². The second kappa shape index (κ2) is 8.61. The maximum Gasteiger partial charge on any atom is 0.258 e. The lowest BCUT2D eigenvalue weighted by Gasteiger charge is -2.15. The topological polar surface area (TPSA) is 65.4 Å². The van der Waals surface area contributed by atoms with E-state index >= 15 is 0 Å². The van der Waals surface area contributed by atoms with Gasteiger partial charge in [-0.1, -0.05) is 18.2 Å². The van der Waals surface area contributed by atoms with Gasteiger partial charge in [0.15, 0.2) is 6.61 Å². The van der Waals surface area contributed by atoms with Crippen molar-refractivity contribution in [2.45, 2.75) is 26.8 Å². The van der Waals surface area contributed by atoms with Crippen LogP contribution < -0.4 is 14.8 Å². The second-order valence-electron chi connectivity index (χ2n) is 6.64. The summed E-state index contributed by atoms with van der Waals surface area (Å²) in [6, 6.07) is 15.0. The molecule has 3 rings (SSSR count). The molecule has 3 aromatic rings. The fraction of sp³-hybridized carbons (Fsp3) is 0.273. The Morgan fingerprint density at radius 2 is 1.79 bits per heavy atom. The van der Waals surface area contributed by atoms with Crippen LogP contribution in [-0.4, -0.2) is 29.4 Å². The van der Waals surface area contributed by atoms with Crippen LogP contribution in [0.4, 0.5) is 0 Å². The molecule has 28 heavy (non-hydrogen) atoms. The molecule has 6 nitrogen and oxygen atoms in total. The molecule has 0 aliphatic carbocycles. The monoisotopic (exact) mass is 379 g/mol. The zero-order valence-corrected chi connectivity index (χ0v) is 16.6. The summed E-state index contributed by atoms with van der Waals surface area (Å²) in [7, 11) is 1.61. The third-order valence-corrected chi connectivity index (χ3v) is 4.66. The van der Waals surface area contributed by atoms with E-state index in [9.17, 15) is 4.79 Å². The minimum absolute atomic E-state index is 0.0539. The van der Waals surface area contributed by atoms with E-state index in [1.807, 2.05) is 36.7 Å². The van der Waals surface area contributed by atoms with Crippen LogP contribution in [-0.2, 0) is 4.79 Å². The van der Waals surface area contributed by atoms with Crippen LogP contribution in [0.5, 0.6) is 11.5 Å². The van der Waals surface area contributed by atoms with Crippen LogP contribution in [0.25, 0.3) is 5.69 Å². The molecule has 6 heteroatoms. The average molecular weight is 379 g/mol. The third-order valence-electron chi connectivity index (χ3n) is 4.66. The third kappa shape index (κ3) is 4.34. The van der Waals surface area contributed by atoms with Gasteiger partial charge in [-0.2, -0.15) is 5.10 Å². The van der Waals surface area contributed by atoms with E-state index in [1.165, 1.54) is 0 Å². The maximum absolute atomic E-state index is 12.3. The van der Waals surface area contributed by atoms with Crippen LogP contribution >= 0.6 is 0 Å². The molecule has 0 fully saturated rings. The molecule has 1 amide bonds. The summed E-state index contributed by atoms with van der Waals surface area (Å²) in [5.41, 5.74) is 4.15. The maximum atomic E-state index is 12.3. The lowest BCUT2D eigenvalue weighted by atomic mass is 10.1. The summed E-state index contributed by atoms with van der Waals surface area (Å²) in [4.78, 5) is 12.3. The van der Waals surface area contributed by atoms with Crippen LogP contribution in [0.15, 0.2) is 54.7 Å². The Hall–Kier alpha value is -3.28. The van der Waals surface area contributed by atoms with E-state index in [0.29, 0.717) is 5.75 Å². The Morgan fingerprint density at radius 3 is 2.46 bits per heavy atom. The number of para-hydroxylation sites is 1. The summed E-state index contributed by atoms with van der Waals surface area (Å²) in [5, 5.41) is 7.47.